The summed E-state index contributed by atoms with van der Waals surface area (Å²) >= 11 is 0. The number of benzene rings is 1. The molecule has 0 amide bonds. The first-order valence-electron chi connectivity index (χ1n) is 8.60. The number of carboxylic acid groups (broad SMARTS) is 1. The SMILES string of the molecule is COc1ccc(C(=O)O)cc1S(=O)(=O)N[C@H]1CC[C@H]1NC1CCCC1. The minimum atomic E-state index is -3.86. The van der Waals surface area contributed by atoms with E-state index in [0.29, 0.717) is 6.04 Å². The topological polar surface area (TPSA) is 105 Å². The summed E-state index contributed by atoms with van der Waals surface area (Å²) in [6.45, 7) is 0. The van der Waals surface area contributed by atoms with Gasteiger partial charge < -0.3 is 15.2 Å². The quantitative estimate of drug-likeness (QED) is 0.677. The largest absolute Gasteiger partial charge is 0.495 e. The van der Waals surface area contributed by atoms with Gasteiger partial charge in [0.1, 0.15) is 10.6 Å². The summed E-state index contributed by atoms with van der Waals surface area (Å²) in [6, 6.07) is 4.26. The van der Waals surface area contributed by atoms with E-state index in [1.807, 2.05) is 0 Å². The van der Waals surface area contributed by atoms with Crippen LogP contribution in [0.4, 0.5) is 0 Å². The molecule has 0 radical (unpaired) electrons. The number of carboxylic acids is 1. The number of sulfonamides is 1. The molecule has 1 aromatic carbocycles. The average molecular weight is 368 g/mol. The highest BCUT2D eigenvalue weighted by molar-refractivity contribution is 7.89. The van der Waals surface area contributed by atoms with E-state index in [1.165, 1.54) is 32.1 Å². The summed E-state index contributed by atoms with van der Waals surface area (Å²) in [4.78, 5) is 11.0. The van der Waals surface area contributed by atoms with Gasteiger partial charge in [0.15, 0.2) is 0 Å². The maximum absolute atomic E-state index is 12.8. The lowest BCUT2D eigenvalue weighted by atomic mass is 9.86. The first kappa shape index (κ1) is 18.2. The number of rotatable bonds is 7. The molecule has 25 heavy (non-hydrogen) atoms. The third-order valence-electron chi connectivity index (χ3n) is 5.09. The molecule has 0 bridgehead atoms. The van der Waals surface area contributed by atoms with Crippen molar-refractivity contribution in [3.05, 3.63) is 23.8 Å². The fourth-order valence-corrected chi connectivity index (χ4v) is 5.02. The van der Waals surface area contributed by atoms with Gasteiger partial charge in [0.2, 0.25) is 10.0 Å². The highest BCUT2D eigenvalue weighted by atomic mass is 32.2. The smallest absolute Gasteiger partial charge is 0.335 e. The molecular weight excluding hydrogens is 344 g/mol. The second kappa shape index (κ2) is 7.31. The second-order valence-electron chi connectivity index (χ2n) is 6.73. The standard InChI is InChI=1S/C17H24N2O5S/c1-24-15-9-6-11(17(20)21)10-16(15)25(22,23)19-14-8-7-13(14)18-12-4-2-3-5-12/h6,9-10,12-14,18-19H,2-5,7-8H2,1H3,(H,20,21)/t13-,14+/m1/s1. The molecule has 0 aliphatic heterocycles. The van der Waals surface area contributed by atoms with Gasteiger partial charge in [-0.05, 0) is 43.9 Å². The van der Waals surface area contributed by atoms with Crippen LogP contribution in [-0.4, -0.2) is 44.7 Å². The predicted octanol–water partition coefficient (Wildman–Crippen LogP) is 1.73. The summed E-state index contributed by atoms with van der Waals surface area (Å²) in [5, 5.41) is 12.7. The van der Waals surface area contributed by atoms with Crippen LogP contribution in [0.1, 0.15) is 48.9 Å². The van der Waals surface area contributed by atoms with Crippen LogP contribution < -0.4 is 14.8 Å². The first-order valence-corrected chi connectivity index (χ1v) is 10.1. The minimum absolute atomic E-state index is 0.0876. The van der Waals surface area contributed by atoms with Crippen molar-refractivity contribution in [2.24, 2.45) is 0 Å². The number of methoxy groups -OCH3 is 1. The molecule has 0 saturated heterocycles. The van der Waals surface area contributed by atoms with E-state index < -0.39 is 16.0 Å². The summed E-state index contributed by atoms with van der Waals surface area (Å²) in [5.74, 6) is -1.04. The van der Waals surface area contributed by atoms with Crippen LogP contribution in [0.3, 0.4) is 0 Å². The van der Waals surface area contributed by atoms with E-state index in [4.69, 9.17) is 9.84 Å². The van der Waals surface area contributed by atoms with E-state index >= 15 is 0 Å². The molecular formula is C17H24N2O5S. The Balaban J connectivity index is 1.75. The Kier molecular flexibility index (Phi) is 5.31. The summed E-state index contributed by atoms with van der Waals surface area (Å²) in [7, 11) is -2.50. The molecule has 7 nitrogen and oxygen atoms in total. The molecule has 2 atom stereocenters. The van der Waals surface area contributed by atoms with Crippen LogP contribution in [0.15, 0.2) is 23.1 Å². The molecule has 2 saturated carbocycles. The van der Waals surface area contributed by atoms with E-state index in [-0.39, 0.29) is 28.3 Å². The van der Waals surface area contributed by atoms with E-state index in [9.17, 15) is 13.2 Å². The monoisotopic (exact) mass is 368 g/mol. The van der Waals surface area contributed by atoms with E-state index in [2.05, 4.69) is 10.0 Å². The van der Waals surface area contributed by atoms with Gasteiger partial charge in [-0.15, -0.1) is 0 Å². The highest BCUT2D eigenvalue weighted by Gasteiger charge is 2.36. The van der Waals surface area contributed by atoms with Crippen LogP contribution >= 0.6 is 0 Å². The Bertz CT molecular complexity index is 743. The van der Waals surface area contributed by atoms with Crippen molar-refractivity contribution >= 4 is 16.0 Å². The van der Waals surface area contributed by atoms with Crippen molar-refractivity contribution < 1.29 is 23.1 Å². The van der Waals surface area contributed by atoms with Crippen molar-refractivity contribution in [2.75, 3.05) is 7.11 Å². The first-order chi connectivity index (χ1) is 11.9. The van der Waals surface area contributed by atoms with Gasteiger partial charge in [0.25, 0.3) is 0 Å². The average Bonchev–Trinajstić information content (AvgIpc) is 3.09. The predicted molar refractivity (Wildman–Crippen MR) is 92.5 cm³/mol. The summed E-state index contributed by atoms with van der Waals surface area (Å²) < 4.78 is 33.3. The number of carbonyl (C=O) groups is 1. The maximum atomic E-state index is 12.8. The third kappa shape index (κ3) is 3.96. The Morgan fingerprint density at radius 3 is 2.40 bits per heavy atom. The number of ether oxygens (including phenoxy) is 1. The summed E-state index contributed by atoms with van der Waals surface area (Å²) in [5.41, 5.74) is -0.0876. The number of hydrogen-bond donors (Lipinski definition) is 3. The molecule has 1 aromatic rings. The fraction of sp³-hybridized carbons (Fsp3) is 0.588. The van der Waals surface area contributed by atoms with Gasteiger partial charge in [-0.2, -0.15) is 0 Å². The number of aromatic carboxylic acids is 1. The van der Waals surface area contributed by atoms with Crippen molar-refractivity contribution in [3.8, 4) is 5.75 Å². The molecule has 8 heteroatoms. The maximum Gasteiger partial charge on any atom is 0.335 e. The van der Waals surface area contributed by atoms with Crippen LogP contribution in [0.5, 0.6) is 5.75 Å². The lowest BCUT2D eigenvalue weighted by molar-refractivity contribution is 0.0696. The van der Waals surface area contributed by atoms with Gasteiger partial charge in [-0.25, -0.2) is 17.9 Å². The van der Waals surface area contributed by atoms with Crippen molar-refractivity contribution in [2.45, 2.75) is 61.5 Å². The number of hydrogen-bond acceptors (Lipinski definition) is 5. The van der Waals surface area contributed by atoms with E-state index in [0.717, 1.165) is 31.7 Å². The minimum Gasteiger partial charge on any atom is -0.495 e. The van der Waals surface area contributed by atoms with E-state index in [1.54, 1.807) is 0 Å². The Morgan fingerprint density at radius 1 is 1.16 bits per heavy atom. The molecule has 0 unspecified atom stereocenters. The molecule has 0 heterocycles. The van der Waals surface area contributed by atoms with Crippen LogP contribution in [0, 0.1) is 0 Å². The lowest BCUT2D eigenvalue weighted by Crippen LogP contribution is -2.58. The molecule has 0 aromatic heterocycles. The molecule has 3 rings (SSSR count). The molecule has 2 aliphatic carbocycles. The van der Waals surface area contributed by atoms with Crippen molar-refractivity contribution in [1.82, 2.24) is 10.0 Å². The van der Waals surface area contributed by atoms with Crippen LogP contribution in [0.25, 0.3) is 0 Å². The molecule has 138 valence electrons. The zero-order valence-corrected chi connectivity index (χ0v) is 15.0. The van der Waals surface area contributed by atoms with Gasteiger partial charge in [-0.1, -0.05) is 12.8 Å². The van der Waals surface area contributed by atoms with Gasteiger partial charge in [0.05, 0.1) is 12.7 Å². The van der Waals surface area contributed by atoms with Crippen LogP contribution in [-0.2, 0) is 10.0 Å². The normalized spacial score (nSPS) is 24.0. The van der Waals surface area contributed by atoms with Gasteiger partial charge in [-0.3, -0.25) is 0 Å². The van der Waals surface area contributed by atoms with Crippen LogP contribution in [0.2, 0.25) is 0 Å². The van der Waals surface area contributed by atoms with Crippen molar-refractivity contribution in [3.63, 3.8) is 0 Å². The zero-order valence-electron chi connectivity index (χ0n) is 14.2. The number of nitrogens with one attached hydrogen (secondary N) is 2. The van der Waals surface area contributed by atoms with Crippen molar-refractivity contribution in [1.29, 1.82) is 0 Å². The molecule has 0 spiro atoms. The van der Waals surface area contributed by atoms with Gasteiger partial charge in [0, 0.05) is 18.1 Å². The highest BCUT2D eigenvalue weighted by Crippen LogP contribution is 2.29. The zero-order chi connectivity index (χ0) is 18.0. The molecule has 3 N–H and O–H groups in total. The summed E-state index contributed by atoms with van der Waals surface area (Å²) in [6.07, 6.45) is 6.44. The van der Waals surface area contributed by atoms with Gasteiger partial charge >= 0.3 is 5.97 Å². The third-order valence-corrected chi connectivity index (χ3v) is 6.60. The lowest BCUT2D eigenvalue weighted by Gasteiger charge is -2.39. The Morgan fingerprint density at radius 2 is 1.84 bits per heavy atom. The Hall–Kier alpha value is -1.64. The Labute approximate surface area is 147 Å². The molecule has 2 fully saturated rings. The fourth-order valence-electron chi connectivity index (χ4n) is 3.52. The second-order valence-corrected chi connectivity index (χ2v) is 8.41. The molecule has 2 aliphatic rings.